The van der Waals surface area contributed by atoms with Gasteiger partial charge in [0.1, 0.15) is 11.6 Å². The van der Waals surface area contributed by atoms with Crippen LogP contribution in [0.4, 0.5) is 5.82 Å². The van der Waals surface area contributed by atoms with Crippen LogP contribution in [-0.4, -0.2) is 24.1 Å². The Morgan fingerprint density at radius 3 is 2.77 bits per heavy atom. The molecule has 1 fully saturated rings. The molecule has 0 spiro atoms. The molecule has 0 aromatic carbocycles. The average Bonchev–Trinajstić information content (AvgIpc) is 3.00. The van der Waals surface area contributed by atoms with Gasteiger partial charge in [-0.25, -0.2) is 4.98 Å². The smallest absolute Gasteiger partial charge is 0.218 e. The summed E-state index contributed by atoms with van der Waals surface area (Å²) in [6, 6.07) is 1.80. The standard InChI is InChI=1S/C9H13N3O/c1-10-7-5-8(13-2)12-9(11-7)6-3-4-6/h5-6H,3-4H2,1-2H3,(H,10,11,12). The molecule has 0 radical (unpaired) electrons. The summed E-state index contributed by atoms with van der Waals surface area (Å²) in [4.78, 5) is 8.65. The number of rotatable bonds is 3. The van der Waals surface area contributed by atoms with Crippen molar-refractivity contribution >= 4 is 5.82 Å². The van der Waals surface area contributed by atoms with Crippen molar-refractivity contribution in [2.45, 2.75) is 18.8 Å². The van der Waals surface area contributed by atoms with E-state index in [4.69, 9.17) is 4.74 Å². The van der Waals surface area contributed by atoms with E-state index in [1.165, 1.54) is 12.8 Å². The number of anilines is 1. The Morgan fingerprint density at radius 2 is 2.23 bits per heavy atom. The third-order valence-electron chi connectivity index (χ3n) is 2.13. The van der Waals surface area contributed by atoms with E-state index in [-0.39, 0.29) is 0 Å². The van der Waals surface area contributed by atoms with Crippen LogP contribution in [0, 0.1) is 0 Å². The van der Waals surface area contributed by atoms with E-state index in [1.54, 1.807) is 13.2 Å². The maximum absolute atomic E-state index is 5.08. The number of hydrogen-bond donors (Lipinski definition) is 1. The summed E-state index contributed by atoms with van der Waals surface area (Å²) in [7, 11) is 3.47. The number of ether oxygens (including phenoxy) is 1. The molecule has 4 heteroatoms. The predicted molar refractivity (Wildman–Crippen MR) is 50.1 cm³/mol. The second-order valence-corrected chi connectivity index (χ2v) is 3.18. The Hall–Kier alpha value is -1.32. The molecule has 0 aliphatic heterocycles. The van der Waals surface area contributed by atoms with Crippen LogP contribution in [0.2, 0.25) is 0 Å². The molecule has 70 valence electrons. The monoisotopic (exact) mass is 179 g/mol. The molecule has 13 heavy (non-hydrogen) atoms. The van der Waals surface area contributed by atoms with Gasteiger partial charge in [-0.15, -0.1) is 0 Å². The fourth-order valence-electron chi connectivity index (χ4n) is 1.20. The lowest BCUT2D eigenvalue weighted by Crippen LogP contribution is -2.00. The minimum atomic E-state index is 0.558. The van der Waals surface area contributed by atoms with Crippen molar-refractivity contribution in [1.29, 1.82) is 0 Å². The number of aromatic nitrogens is 2. The Kier molecular flexibility index (Phi) is 2.04. The van der Waals surface area contributed by atoms with Crippen molar-refractivity contribution in [2.75, 3.05) is 19.5 Å². The molecule has 2 rings (SSSR count). The highest BCUT2D eigenvalue weighted by Crippen LogP contribution is 2.38. The van der Waals surface area contributed by atoms with Crippen LogP contribution in [0.25, 0.3) is 0 Å². The lowest BCUT2D eigenvalue weighted by atomic mass is 10.4. The number of methoxy groups -OCH3 is 1. The molecule has 0 amide bonds. The summed E-state index contributed by atoms with van der Waals surface area (Å²) < 4.78 is 5.08. The van der Waals surface area contributed by atoms with Gasteiger partial charge >= 0.3 is 0 Å². The molecule has 1 aliphatic rings. The molecule has 4 nitrogen and oxygen atoms in total. The molecule has 1 aromatic heterocycles. The van der Waals surface area contributed by atoms with Crippen LogP contribution in [0.1, 0.15) is 24.6 Å². The van der Waals surface area contributed by atoms with Crippen LogP contribution in [0.5, 0.6) is 5.88 Å². The van der Waals surface area contributed by atoms with Crippen LogP contribution in [0.3, 0.4) is 0 Å². The van der Waals surface area contributed by atoms with Gasteiger partial charge in [0.25, 0.3) is 0 Å². The van der Waals surface area contributed by atoms with Gasteiger partial charge in [-0.05, 0) is 12.8 Å². The van der Waals surface area contributed by atoms with Gasteiger partial charge in [0, 0.05) is 19.0 Å². The van der Waals surface area contributed by atoms with Crippen molar-refractivity contribution in [3.8, 4) is 5.88 Å². The Balaban J connectivity index is 2.33. The normalized spacial score (nSPS) is 15.5. The summed E-state index contributed by atoms with van der Waals surface area (Å²) in [6.07, 6.45) is 2.41. The third-order valence-corrected chi connectivity index (χ3v) is 2.13. The fraction of sp³-hybridized carbons (Fsp3) is 0.556. The summed E-state index contributed by atoms with van der Waals surface area (Å²) in [5, 5.41) is 2.99. The first kappa shape index (κ1) is 8.29. The predicted octanol–water partition coefficient (Wildman–Crippen LogP) is 1.40. The lowest BCUT2D eigenvalue weighted by molar-refractivity contribution is 0.395. The van der Waals surface area contributed by atoms with E-state index in [1.807, 2.05) is 7.05 Å². The summed E-state index contributed by atoms with van der Waals surface area (Å²) in [5.74, 6) is 2.93. The molecular formula is C9H13N3O. The van der Waals surface area contributed by atoms with Gasteiger partial charge in [0.05, 0.1) is 7.11 Å². The molecule has 0 bridgehead atoms. The first-order valence-corrected chi connectivity index (χ1v) is 4.44. The maximum Gasteiger partial charge on any atom is 0.218 e. The minimum Gasteiger partial charge on any atom is -0.481 e. The summed E-state index contributed by atoms with van der Waals surface area (Å²) in [5.41, 5.74) is 0. The second-order valence-electron chi connectivity index (χ2n) is 3.18. The molecule has 1 aliphatic carbocycles. The minimum absolute atomic E-state index is 0.558. The van der Waals surface area contributed by atoms with Crippen LogP contribution >= 0.6 is 0 Å². The molecule has 1 heterocycles. The molecule has 1 saturated carbocycles. The van der Waals surface area contributed by atoms with Crippen LogP contribution < -0.4 is 10.1 Å². The van der Waals surface area contributed by atoms with Gasteiger partial charge in [0.2, 0.25) is 5.88 Å². The zero-order valence-electron chi connectivity index (χ0n) is 7.87. The summed E-state index contributed by atoms with van der Waals surface area (Å²) >= 11 is 0. The molecule has 0 atom stereocenters. The molecule has 0 unspecified atom stereocenters. The fourth-order valence-corrected chi connectivity index (χ4v) is 1.20. The summed E-state index contributed by atoms with van der Waals surface area (Å²) in [6.45, 7) is 0. The van der Waals surface area contributed by atoms with Crippen LogP contribution in [-0.2, 0) is 0 Å². The SMILES string of the molecule is CNc1cc(OC)nc(C2CC2)n1. The Labute approximate surface area is 77.4 Å². The van der Waals surface area contributed by atoms with E-state index < -0.39 is 0 Å². The first-order chi connectivity index (χ1) is 6.33. The van der Waals surface area contributed by atoms with Crippen molar-refractivity contribution in [1.82, 2.24) is 9.97 Å². The van der Waals surface area contributed by atoms with E-state index in [9.17, 15) is 0 Å². The third kappa shape index (κ3) is 1.71. The highest BCUT2D eigenvalue weighted by atomic mass is 16.5. The molecular weight excluding hydrogens is 166 g/mol. The van der Waals surface area contributed by atoms with E-state index in [2.05, 4.69) is 15.3 Å². The van der Waals surface area contributed by atoms with Crippen molar-refractivity contribution in [2.24, 2.45) is 0 Å². The molecule has 0 saturated heterocycles. The van der Waals surface area contributed by atoms with Crippen molar-refractivity contribution in [3.63, 3.8) is 0 Å². The first-order valence-electron chi connectivity index (χ1n) is 4.44. The molecule has 1 N–H and O–H groups in total. The van der Waals surface area contributed by atoms with Gasteiger partial charge in [0.15, 0.2) is 0 Å². The van der Waals surface area contributed by atoms with Gasteiger partial charge < -0.3 is 10.1 Å². The largest absolute Gasteiger partial charge is 0.481 e. The van der Waals surface area contributed by atoms with Gasteiger partial charge in [-0.3, -0.25) is 0 Å². The van der Waals surface area contributed by atoms with Crippen molar-refractivity contribution in [3.05, 3.63) is 11.9 Å². The van der Waals surface area contributed by atoms with Crippen molar-refractivity contribution < 1.29 is 4.74 Å². The number of hydrogen-bond acceptors (Lipinski definition) is 4. The zero-order valence-corrected chi connectivity index (χ0v) is 7.87. The van der Waals surface area contributed by atoms with E-state index in [0.717, 1.165) is 11.6 Å². The topological polar surface area (TPSA) is 47.0 Å². The second kappa shape index (κ2) is 3.20. The number of nitrogens with zero attached hydrogens (tertiary/aromatic N) is 2. The quantitative estimate of drug-likeness (QED) is 0.762. The molecule has 1 aromatic rings. The number of nitrogens with one attached hydrogen (secondary N) is 1. The van der Waals surface area contributed by atoms with Gasteiger partial charge in [-0.2, -0.15) is 4.98 Å². The highest BCUT2D eigenvalue weighted by Gasteiger charge is 2.27. The average molecular weight is 179 g/mol. The van der Waals surface area contributed by atoms with E-state index in [0.29, 0.717) is 11.8 Å². The van der Waals surface area contributed by atoms with Crippen LogP contribution in [0.15, 0.2) is 6.07 Å². The van der Waals surface area contributed by atoms with Gasteiger partial charge in [-0.1, -0.05) is 0 Å². The van der Waals surface area contributed by atoms with E-state index >= 15 is 0 Å². The maximum atomic E-state index is 5.08. The zero-order chi connectivity index (χ0) is 9.26. The lowest BCUT2D eigenvalue weighted by Gasteiger charge is -2.05. The Morgan fingerprint density at radius 1 is 1.46 bits per heavy atom. The highest BCUT2D eigenvalue weighted by molar-refractivity contribution is 5.38. The Bertz CT molecular complexity index is 287.